The maximum absolute atomic E-state index is 12.6. The minimum absolute atomic E-state index is 0.0636. The number of rotatable bonds is 40. The summed E-state index contributed by atoms with van der Waals surface area (Å²) < 4.78 is 32.5. The van der Waals surface area contributed by atoms with Gasteiger partial charge in [-0.25, -0.2) is 4.57 Å². The second kappa shape index (κ2) is 39.3. The average molecular weight is 831 g/mol. The molecule has 0 aliphatic rings. The van der Waals surface area contributed by atoms with E-state index in [-0.39, 0.29) is 19.3 Å². The third-order valence-electron chi connectivity index (χ3n) is 9.19. The maximum Gasteiger partial charge on any atom is 0.472 e. The topological polar surface area (TPSA) is 189 Å². The molecule has 1 unspecified atom stereocenters. The van der Waals surface area contributed by atoms with Crippen LogP contribution >= 0.6 is 7.82 Å². The second-order valence-corrected chi connectivity index (χ2v) is 16.2. The summed E-state index contributed by atoms with van der Waals surface area (Å²) in [5.41, 5.74) is 0. The first-order valence-electron chi connectivity index (χ1n) is 21.8. The van der Waals surface area contributed by atoms with E-state index in [1.54, 1.807) is 18.2 Å². The molecule has 57 heavy (non-hydrogen) atoms. The molecule has 0 radical (unpaired) electrons. The van der Waals surface area contributed by atoms with Gasteiger partial charge >= 0.3 is 19.8 Å². The Morgan fingerprint density at radius 2 is 1.04 bits per heavy atom. The van der Waals surface area contributed by atoms with Gasteiger partial charge in [0.1, 0.15) is 12.7 Å². The molecule has 13 heteroatoms. The van der Waals surface area contributed by atoms with Gasteiger partial charge in [-0.05, 0) is 32.1 Å². The van der Waals surface area contributed by atoms with E-state index in [1.165, 1.54) is 70.6 Å². The standard InChI is InChI=1S/C44H79O12P/c1-3-5-7-8-9-10-11-12-13-14-15-16-20-23-27-33-43(49)53-37-42(38-55-57(51,52)54-36-41(48)35-45)56-44(50)34-28-32-40(47)31-26-22-19-17-18-21-25-30-39(46)29-24-6-4-2/h18-19,21-22,25-26,30-31,39-42,45-48H,3-17,20,23-24,27-29,32-38H2,1-2H3,(H,51,52)/b21-18-,22-19-,30-25+,31-26+/t39-,40-,41+,42-/m1/s1. The van der Waals surface area contributed by atoms with E-state index in [9.17, 15) is 34.4 Å². The summed E-state index contributed by atoms with van der Waals surface area (Å²) in [6.45, 7) is 2.02. The van der Waals surface area contributed by atoms with E-state index in [0.29, 0.717) is 19.3 Å². The Kier molecular flexibility index (Phi) is 37.8. The lowest BCUT2D eigenvalue weighted by atomic mass is 10.0. The predicted octanol–water partition coefficient (Wildman–Crippen LogP) is 9.28. The number of aliphatic hydroxyl groups excluding tert-OH is 4. The van der Waals surface area contributed by atoms with Crippen LogP contribution in [0.4, 0.5) is 0 Å². The monoisotopic (exact) mass is 831 g/mol. The Morgan fingerprint density at radius 3 is 1.56 bits per heavy atom. The number of unbranched alkanes of at least 4 members (excludes halogenated alkanes) is 16. The predicted molar refractivity (Wildman–Crippen MR) is 226 cm³/mol. The zero-order valence-electron chi connectivity index (χ0n) is 35.3. The number of ether oxygens (including phenoxy) is 2. The van der Waals surface area contributed by atoms with Gasteiger partial charge in [0.05, 0.1) is 32.0 Å². The Balaban J connectivity index is 4.54. The van der Waals surface area contributed by atoms with E-state index in [4.69, 9.17) is 19.1 Å². The quantitative estimate of drug-likeness (QED) is 0.0171. The van der Waals surface area contributed by atoms with E-state index in [0.717, 1.165) is 44.9 Å². The Morgan fingerprint density at radius 1 is 0.579 bits per heavy atom. The van der Waals surface area contributed by atoms with Crippen LogP contribution in [-0.4, -0.2) is 88.1 Å². The summed E-state index contributed by atoms with van der Waals surface area (Å²) in [7, 11) is -4.68. The number of esters is 2. The van der Waals surface area contributed by atoms with Crippen LogP contribution in [0.2, 0.25) is 0 Å². The molecular weight excluding hydrogens is 751 g/mol. The molecule has 0 aromatic heterocycles. The molecular formula is C44H79O12P. The fourth-order valence-corrected chi connectivity index (χ4v) is 6.53. The average Bonchev–Trinajstić information content (AvgIpc) is 3.18. The van der Waals surface area contributed by atoms with Crippen molar-refractivity contribution in [3.05, 3.63) is 48.6 Å². The first-order chi connectivity index (χ1) is 27.5. The largest absolute Gasteiger partial charge is 0.472 e. The van der Waals surface area contributed by atoms with Gasteiger partial charge in [-0.15, -0.1) is 0 Å². The van der Waals surface area contributed by atoms with Crippen molar-refractivity contribution in [3.8, 4) is 0 Å². The normalized spacial score (nSPS) is 15.4. The molecule has 0 saturated heterocycles. The van der Waals surface area contributed by atoms with Crippen molar-refractivity contribution in [3.63, 3.8) is 0 Å². The molecule has 0 bridgehead atoms. The third-order valence-corrected chi connectivity index (χ3v) is 10.1. The van der Waals surface area contributed by atoms with Gasteiger partial charge in [0.2, 0.25) is 0 Å². The highest BCUT2D eigenvalue weighted by molar-refractivity contribution is 7.47. The van der Waals surface area contributed by atoms with Crippen molar-refractivity contribution < 1.29 is 58.0 Å². The van der Waals surface area contributed by atoms with Crippen LogP contribution in [-0.2, 0) is 32.7 Å². The number of hydrogen-bond donors (Lipinski definition) is 5. The van der Waals surface area contributed by atoms with Gasteiger partial charge in [-0.3, -0.25) is 18.6 Å². The highest BCUT2D eigenvalue weighted by Gasteiger charge is 2.27. The summed E-state index contributed by atoms with van der Waals surface area (Å²) in [4.78, 5) is 35.0. The number of phosphoric acid groups is 1. The number of hydrogen-bond acceptors (Lipinski definition) is 11. The van der Waals surface area contributed by atoms with Gasteiger partial charge < -0.3 is 34.8 Å². The Labute approximate surface area is 344 Å². The van der Waals surface area contributed by atoms with Crippen LogP contribution in [0.25, 0.3) is 0 Å². The number of carbonyl (C=O) groups is 2. The number of phosphoric ester groups is 1. The van der Waals surface area contributed by atoms with Crippen LogP contribution in [0.15, 0.2) is 48.6 Å². The number of carbonyl (C=O) groups excluding carboxylic acids is 2. The van der Waals surface area contributed by atoms with Crippen LogP contribution in [0.3, 0.4) is 0 Å². The molecule has 0 spiro atoms. The van der Waals surface area contributed by atoms with Gasteiger partial charge in [-0.1, -0.05) is 172 Å². The van der Waals surface area contributed by atoms with E-state index in [1.807, 2.05) is 30.4 Å². The summed E-state index contributed by atoms with van der Waals surface area (Å²) in [6.07, 6.45) is 34.3. The van der Waals surface area contributed by atoms with E-state index < -0.39 is 70.6 Å². The lowest BCUT2D eigenvalue weighted by Gasteiger charge is -2.20. The van der Waals surface area contributed by atoms with Crippen molar-refractivity contribution in [2.45, 2.75) is 192 Å². The van der Waals surface area contributed by atoms with Gasteiger partial charge in [0.25, 0.3) is 0 Å². The van der Waals surface area contributed by atoms with Crippen molar-refractivity contribution in [2.24, 2.45) is 0 Å². The second-order valence-electron chi connectivity index (χ2n) is 14.8. The molecule has 5 atom stereocenters. The molecule has 0 rings (SSSR count). The first-order valence-corrected chi connectivity index (χ1v) is 23.3. The molecule has 12 nitrogen and oxygen atoms in total. The number of allylic oxidation sites excluding steroid dienone is 6. The fourth-order valence-electron chi connectivity index (χ4n) is 5.74. The van der Waals surface area contributed by atoms with Gasteiger partial charge in [0.15, 0.2) is 6.10 Å². The SMILES string of the molecule is CCCCCCCCCCCCCCCCCC(=O)OC[C@H](COP(=O)(O)OC[C@@H](O)CO)OC(=O)CCC[C@H](O)/C=C/C=C\C/C=C\C=C\[C@H](O)CCCCC. The zero-order valence-corrected chi connectivity index (χ0v) is 36.2. The van der Waals surface area contributed by atoms with Crippen molar-refractivity contribution in [1.29, 1.82) is 0 Å². The highest BCUT2D eigenvalue weighted by atomic mass is 31.2. The lowest BCUT2D eigenvalue weighted by molar-refractivity contribution is -0.161. The van der Waals surface area contributed by atoms with Gasteiger partial charge in [0, 0.05) is 12.8 Å². The molecule has 0 heterocycles. The summed E-state index contributed by atoms with van der Waals surface area (Å²) in [5, 5.41) is 38.5. The summed E-state index contributed by atoms with van der Waals surface area (Å²) >= 11 is 0. The fraction of sp³-hybridized carbons (Fsp3) is 0.773. The molecule has 0 aliphatic heterocycles. The maximum atomic E-state index is 12.6. The molecule has 0 aromatic carbocycles. The van der Waals surface area contributed by atoms with Crippen LogP contribution in [0, 0.1) is 0 Å². The first kappa shape index (κ1) is 54.9. The Hall–Kier alpha value is -2.15. The Bertz CT molecular complexity index is 1120. The van der Waals surface area contributed by atoms with E-state index >= 15 is 0 Å². The van der Waals surface area contributed by atoms with Crippen molar-refractivity contribution >= 4 is 19.8 Å². The molecule has 0 amide bonds. The third kappa shape index (κ3) is 39.1. The van der Waals surface area contributed by atoms with Crippen LogP contribution < -0.4 is 0 Å². The molecule has 332 valence electrons. The zero-order chi connectivity index (χ0) is 42.2. The highest BCUT2D eigenvalue weighted by Crippen LogP contribution is 2.43. The van der Waals surface area contributed by atoms with Gasteiger partial charge in [-0.2, -0.15) is 0 Å². The van der Waals surface area contributed by atoms with E-state index in [2.05, 4.69) is 18.4 Å². The molecule has 0 aliphatic carbocycles. The lowest BCUT2D eigenvalue weighted by Crippen LogP contribution is -2.30. The summed E-state index contributed by atoms with van der Waals surface area (Å²) in [5.74, 6) is -1.15. The van der Waals surface area contributed by atoms with Crippen LogP contribution in [0.5, 0.6) is 0 Å². The van der Waals surface area contributed by atoms with Crippen molar-refractivity contribution in [1.82, 2.24) is 0 Å². The molecule has 0 saturated carbocycles. The number of aliphatic hydroxyl groups is 4. The van der Waals surface area contributed by atoms with Crippen molar-refractivity contribution in [2.75, 3.05) is 26.4 Å². The molecule has 0 aromatic rings. The molecule has 0 fully saturated rings. The molecule has 5 N–H and O–H groups in total. The minimum Gasteiger partial charge on any atom is -0.462 e. The minimum atomic E-state index is -4.68. The summed E-state index contributed by atoms with van der Waals surface area (Å²) in [6, 6.07) is 0. The van der Waals surface area contributed by atoms with Crippen LogP contribution in [0.1, 0.15) is 168 Å². The smallest absolute Gasteiger partial charge is 0.462 e.